The number of nitrogens with one attached hydrogen (secondary N) is 3. The Bertz CT molecular complexity index is 567. The lowest BCUT2D eigenvalue weighted by atomic mass is 10.1. The number of benzene rings is 1. The number of nitriles is 1. The van der Waals surface area contributed by atoms with Crippen molar-refractivity contribution >= 4 is 11.8 Å². The number of rotatable bonds is 12. The van der Waals surface area contributed by atoms with E-state index >= 15 is 0 Å². The van der Waals surface area contributed by atoms with Gasteiger partial charge in [-0.3, -0.25) is 9.59 Å². The number of amides is 2. The van der Waals surface area contributed by atoms with E-state index in [1.165, 1.54) is 0 Å². The van der Waals surface area contributed by atoms with Crippen LogP contribution in [-0.2, 0) is 9.53 Å². The minimum Gasteiger partial charge on any atom is -0.379 e. The molecule has 0 aromatic heterocycles. The van der Waals surface area contributed by atoms with Crippen LogP contribution in [0.3, 0.4) is 0 Å². The summed E-state index contributed by atoms with van der Waals surface area (Å²) in [4.78, 5) is 23.4. The van der Waals surface area contributed by atoms with Crippen molar-refractivity contribution in [2.45, 2.75) is 19.8 Å². The largest absolute Gasteiger partial charge is 0.379 e. The van der Waals surface area contributed by atoms with Crippen molar-refractivity contribution in [3.8, 4) is 6.07 Å². The molecule has 0 bridgehead atoms. The van der Waals surface area contributed by atoms with Gasteiger partial charge < -0.3 is 20.7 Å². The van der Waals surface area contributed by atoms with Crippen molar-refractivity contribution in [3.05, 3.63) is 35.4 Å². The molecule has 1 rings (SSSR count). The van der Waals surface area contributed by atoms with Crippen molar-refractivity contribution in [1.82, 2.24) is 16.0 Å². The molecule has 2 amide bonds. The standard InChI is InChI=1S/C18H26N4O3/c1-15-4-6-16(7-5-15)18(24)22-10-3-9-20-14-17(23)21-11-13-25-12-2-8-19/h4-7,20H,2-3,9-14H2,1H3,(H,21,23)(H,22,24). The molecule has 0 radical (unpaired) electrons. The Labute approximate surface area is 148 Å². The van der Waals surface area contributed by atoms with Gasteiger partial charge in [-0.2, -0.15) is 5.26 Å². The molecule has 0 heterocycles. The number of hydrogen-bond donors (Lipinski definition) is 3. The summed E-state index contributed by atoms with van der Waals surface area (Å²) < 4.78 is 5.15. The maximum Gasteiger partial charge on any atom is 0.251 e. The third kappa shape index (κ3) is 10.1. The summed E-state index contributed by atoms with van der Waals surface area (Å²) in [6, 6.07) is 9.40. The summed E-state index contributed by atoms with van der Waals surface area (Å²) in [5.74, 6) is -0.193. The minimum atomic E-state index is -0.104. The first-order chi connectivity index (χ1) is 12.1. The molecule has 0 saturated heterocycles. The SMILES string of the molecule is Cc1ccc(C(=O)NCCCNCC(=O)NCCOCCC#N)cc1. The molecule has 25 heavy (non-hydrogen) atoms. The quantitative estimate of drug-likeness (QED) is 0.485. The molecule has 7 heteroatoms. The maximum atomic E-state index is 11.9. The van der Waals surface area contributed by atoms with Gasteiger partial charge in [-0.25, -0.2) is 0 Å². The number of hydrogen-bond acceptors (Lipinski definition) is 5. The number of ether oxygens (including phenoxy) is 1. The lowest BCUT2D eigenvalue weighted by Crippen LogP contribution is -2.36. The van der Waals surface area contributed by atoms with Crippen LogP contribution in [0, 0.1) is 18.3 Å². The average molecular weight is 346 g/mol. The molecule has 3 N–H and O–H groups in total. The molecular formula is C18H26N4O3. The Morgan fingerprint density at radius 3 is 2.56 bits per heavy atom. The molecule has 1 aromatic rings. The van der Waals surface area contributed by atoms with E-state index in [0.717, 1.165) is 12.0 Å². The van der Waals surface area contributed by atoms with Crippen LogP contribution in [0.15, 0.2) is 24.3 Å². The normalized spacial score (nSPS) is 10.1. The molecule has 0 fully saturated rings. The smallest absolute Gasteiger partial charge is 0.251 e. The average Bonchev–Trinajstić information content (AvgIpc) is 2.61. The van der Waals surface area contributed by atoms with Gasteiger partial charge in [0.05, 0.1) is 32.2 Å². The summed E-state index contributed by atoms with van der Waals surface area (Å²) in [7, 11) is 0. The van der Waals surface area contributed by atoms with Crippen molar-refractivity contribution in [1.29, 1.82) is 5.26 Å². The zero-order chi connectivity index (χ0) is 18.3. The maximum absolute atomic E-state index is 11.9. The third-order valence-electron chi connectivity index (χ3n) is 3.34. The fourth-order valence-electron chi connectivity index (χ4n) is 1.97. The molecule has 0 atom stereocenters. The van der Waals surface area contributed by atoms with Gasteiger partial charge in [0.2, 0.25) is 5.91 Å². The lowest BCUT2D eigenvalue weighted by Gasteiger charge is -2.08. The van der Waals surface area contributed by atoms with Crippen molar-refractivity contribution < 1.29 is 14.3 Å². The molecule has 1 aromatic carbocycles. The van der Waals surface area contributed by atoms with E-state index in [2.05, 4.69) is 16.0 Å². The highest BCUT2D eigenvalue weighted by Crippen LogP contribution is 2.02. The summed E-state index contributed by atoms with van der Waals surface area (Å²) in [6.45, 7) is 4.61. The highest BCUT2D eigenvalue weighted by atomic mass is 16.5. The van der Waals surface area contributed by atoms with Crippen LogP contribution in [-0.4, -0.2) is 51.2 Å². The van der Waals surface area contributed by atoms with Gasteiger partial charge in [0.15, 0.2) is 0 Å². The molecule has 0 saturated carbocycles. The van der Waals surface area contributed by atoms with E-state index in [0.29, 0.717) is 44.8 Å². The second-order valence-corrected chi connectivity index (χ2v) is 5.52. The van der Waals surface area contributed by atoms with Crippen molar-refractivity contribution in [3.63, 3.8) is 0 Å². The summed E-state index contributed by atoms with van der Waals surface area (Å²) in [6.07, 6.45) is 1.10. The molecule has 0 aliphatic heterocycles. The van der Waals surface area contributed by atoms with E-state index in [1.54, 1.807) is 12.1 Å². The fraction of sp³-hybridized carbons (Fsp3) is 0.500. The summed E-state index contributed by atoms with van der Waals surface area (Å²) in [5.41, 5.74) is 1.77. The monoisotopic (exact) mass is 346 g/mol. The van der Waals surface area contributed by atoms with Crippen molar-refractivity contribution in [2.24, 2.45) is 0 Å². The zero-order valence-electron chi connectivity index (χ0n) is 14.6. The Hall–Kier alpha value is -2.43. The number of nitrogens with zero attached hydrogens (tertiary/aromatic N) is 1. The van der Waals surface area contributed by atoms with Gasteiger partial charge in [-0.1, -0.05) is 17.7 Å². The zero-order valence-corrected chi connectivity index (χ0v) is 14.6. The van der Waals surface area contributed by atoms with E-state index < -0.39 is 0 Å². The van der Waals surface area contributed by atoms with Crippen LogP contribution in [0.25, 0.3) is 0 Å². The van der Waals surface area contributed by atoms with Gasteiger partial charge in [-0.05, 0) is 32.0 Å². The number of carbonyl (C=O) groups excluding carboxylic acids is 2. The van der Waals surface area contributed by atoms with Gasteiger partial charge in [0.1, 0.15) is 0 Å². The second kappa shape index (κ2) is 12.9. The molecule has 7 nitrogen and oxygen atoms in total. The number of carbonyl (C=O) groups is 2. The second-order valence-electron chi connectivity index (χ2n) is 5.52. The highest BCUT2D eigenvalue weighted by Gasteiger charge is 2.04. The van der Waals surface area contributed by atoms with Crippen LogP contribution in [0.5, 0.6) is 0 Å². The first-order valence-electron chi connectivity index (χ1n) is 8.40. The van der Waals surface area contributed by atoms with Crippen LogP contribution in [0.4, 0.5) is 0 Å². The molecule has 0 unspecified atom stereocenters. The topological polar surface area (TPSA) is 103 Å². The van der Waals surface area contributed by atoms with Gasteiger partial charge in [0, 0.05) is 18.7 Å². The fourth-order valence-corrected chi connectivity index (χ4v) is 1.97. The molecule has 136 valence electrons. The summed E-state index contributed by atoms with van der Waals surface area (Å²) in [5, 5.41) is 16.9. The summed E-state index contributed by atoms with van der Waals surface area (Å²) >= 11 is 0. The lowest BCUT2D eigenvalue weighted by molar-refractivity contribution is -0.120. The molecule has 0 spiro atoms. The predicted octanol–water partition coefficient (Wildman–Crippen LogP) is 0.751. The molecule has 0 aliphatic carbocycles. The Morgan fingerprint density at radius 1 is 1.08 bits per heavy atom. The van der Waals surface area contributed by atoms with Gasteiger partial charge >= 0.3 is 0 Å². The first kappa shape index (κ1) is 20.6. The van der Waals surface area contributed by atoms with Crippen LogP contribution >= 0.6 is 0 Å². The van der Waals surface area contributed by atoms with E-state index in [9.17, 15) is 9.59 Å². The Balaban J connectivity index is 1.97. The van der Waals surface area contributed by atoms with Gasteiger partial charge in [-0.15, -0.1) is 0 Å². The van der Waals surface area contributed by atoms with E-state index in [1.807, 2.05) is 25.1 Å². The third-order valence-corrected chi connectivity index (χ3v) is 3.34. The Morgan fingerprint density at radius 2 is 1.84 bits per heavy atom. The van der Waals surface area contributed by atoms with Crippen molar-refractivity contribution in [2.75, 3.05) is 39.4 Å². The Kier molecular flexibility index (Phi) is 10.7. The van der Waals surface area contributed by atoms with Crippen LogP contribution in [0.1, 0.15) is 28.8 Å². The molecule has 0 aliphatic rings. The molecular weight excluding hydrogens is 320 g/mol. The van der Waals surface area contributed by atoms with Crippen LogP contribution < -0.4 is 16.0 Å². The first-order valence-corrected chi connectivity index (χ1v) is 8.40. The van der Waals surface area contributed by atoms with Gasteiger partial charge in [0.25, 0.3) is 5.91 Å². The van der Waals surface area contributed by atoms with E-state index in [-0.39, 0.29) is 18.4 Å². The predicted molar refractivity (Wildman–Crippen MR) is 95.1 cm³/mol. The van der Waals surface area contributed by atoms with Crippen LogP contribution in [0.2, 0.25) is 0 Å². The minimum absolute atomic E-state index is 0.0888. The highest BCUT2D eigenvalue weighted by molar-refractivity contribution is 5.94. The van der Waals surface area contributed by atoms with E-state index in [4.69, 9.17) is 10.00 Å². The number of aryl methyl sites for hydroxylation is 1.